The first-order valence-electron chi connectivity index (χ1n) is 26.3. The molecule has 0 heterocycles. The molecule has 0 radical (unpaired) electrons. The zero-order chi connectivity index (χ0) is 43.3. The quantitative estimate of drug-likeness (QED) is 0.0345. The second kappa shape index (κ2) is 45.9. The predicted octanol–water partition coefficient (Wildman–Crippen LogP) is 16.9. The van der Waals surface area contributed by atoms with Crippen LogP contribution in [0.3, 0.4) is 0 Å². The first kappa shape index (κ1) is 57.4. The van der Waals surface area contributed by atoms with Crippen molar-refractivity contribution in [2.45, 2.75) is 298 Å². The molecule has 0 aliphatic rings. The van der Waals surface area contributed by atoms with Gasteiger partial charge in [-0.05, 0) is 31.1 Å². The van der Waals surface area contributed by atoms with Gasteiger partial charge in [-0.1, -0.05) is 253 Å². The van der Waals surface area contributed by atoms with Crippen LogP contribution in [0.2, 0.25) is 0 Å². The van der Waals surface area contributed by atoms with E-state index in [0.29, 0.717) is 19.3 Å². The Morgan fingerprint density at radius 3 is 0.966 bits per heavy atom. The van der Waals surface area contributed by atoms with Gasteiger partial charge < -0.3 is 14.2 Å². The molecule has 6 nitrogen and oxygen atoms in total. The topological polar surface area (TPSA) is 78.9 Å². The van der Waals surface area contributed by atoms with Gasteiger partial charge in [0.25, 0.3) is 0 Å². The van der Waals surface area contributed by atoms with E-state index < -0.39 is 6.10 Å². The fraction of sp³-hybridized carbons (Fsp3) is 0.943. The Morgan fingerprint density at radius 2 is 0.644 bits per heavy atom. The van der Waals surface area contributed by atoms with Crippen LogP contribution in [0.5, 0.6) is 0 Å². The number of hydrogen-bond donors (Lipinski definition) is 0. The number of unbranched alkanes of at least 4 members (excludes halogenated alkanes) is 31. The van der Waals surface area contributed by atoms with Crippen molar-refractivity contribution in [3.05, 3.63) is 0 Å². The molecule has 0 aromatic rings. The van der Waals surface area contributed by atoms with Crippen molar-refractivity contribution < 1.29 is 28.6 Å². The molecular formula is C53H102O6. The number of esters is 3. The largest absolute Gasteiger partial charge is 0.462 e. The van der Waals surface area contributed by atoms with Crippen molar-refractivity contribution in [3.63, 3.8) is 0 Å². The van der Waals surface area contributed by atoms with E-state index in [4.69, 9.17) is 14.2 Å². The minimum absolute atomic E-state index is 0.0648. The average Bonchev–Trinajstić information content (AvgIpc) is 3.22. The lowest BCUT2D eigenvalue weighted by Gasteiger charge is -2.18. The fourth-order valence-corrected chi connectivity index (χ4v) is 7.96. The molecule has 0 spiro atoms. The normalized spacial score (nSPS) is 12.5. The molecule has 1 unspecified atom stereocenters. The lowest BCUT2D eigenvalue weighted by atomic mass is 9.99. The van der Waals surface area contributed by atoms with Crippen LogP contribution in [-0.2, 0) is 28.6 Å². The zero-order valence-electron chi connectivity index (χ0n) is 40.4. The molecule has 0 aromatic carbocycles. The summed E-state index contributed by atoms with van der Waals surface area (Å²) in [5.41, 5.74) is 0. The molecule has 59 heavy (non-hydrogen) atoms. The number of rotatable bonds is 47. The van der Waals surface area contributed by atoms with Crippen LogP contribution >= 0.6 is 0 Å². The summed E-state index contributed by atoms with van der Waals surface area (Å²) in [6.07, 6.45) is 46.7. The molecule has 0 N–H and O–H groups in total. The van der Waals surface area contributed by atoms with E-state index in [0.717, 1.165) is 69.6 Å². The third-order valence-electron chi connectivity index (χ3n) is 12.3. The summed E-state index contributed by atoms with van der Waals surface area (Å²) in [5, 5.41) is 0. The molecule has 350 valence electrons. The van der Waals surface area contributed by atoms with Gasteiger partial charge >= 0.3 is 17.9 Å². The van der Waals surface area contributed by atoms with Gasteiger partial charge in [0, 0.05) is 19.3 Å². The highest BCUT2D eigenvalue weighted by atomic mass is 16.6. The van der Waals surface area contributed by atoms with Crippen molar-refractivity contribution in [1.82, 2.24) is 0 Å². The van der Waals surface area contributed by atoms with Crippen LogP contribution in [0.4, 0.5) is 0 Å². The van der Waals surface area contributed by atoms with Crippen molar-refractivity contribution in [3.8, 4) is 0 Å². The summed E-state index contributed by atoms with van der Waals surface area (Å²) in [6.45, 7) is 11.3. The fourth-order valence-electron chi connectivity index (χ4n) is 7.96. The third kappa shape index (κ3) is 45.8. The van der Waals surface area contributed by atoms with Crippen LogP contribution in [-0.4, -0.2) is 37.2 Å². The van der Waals surface area contributed by atoms with Gasteiger partial charge in [-0.15, -0.1) is 0 Å². The zero-order valence-corrected chi connectivity index (χ0v) is 40.4. The Bertz CT molecular complexity index is 902. The summed E-state index contributed by atoms with van der Waals surface area (Å²) in [6, 6.07) is 0. The Kier molecular flexibility index (Phi) is 44.7. The maximum absolute atomic E-state index is 12.8. The van der Waals surface area contributed by atoms with Gasteiger partial charge in [0.2, 0.25) is 0 Å². The second-order valence-corrected chi connectivity index (χ2v) is 18.9. The molecule has 0 amide bonds. The molecule has 0 aliphatic carbocycles. The Hall–Kier alpha value is -1.59. The molecule has 0 saturated heterocycles. The maximum atomic E-state index is 12.8. The maximum Gasteiger partial charge on any atom is 0.306 e. The SMILES string of the molecule is CCCCCCCCCCCCCCCCCCCCC(=O)O[C@@H](COC(=O)CCCCCCCCCCCCC(C)CC)COC(=O)CCCCCCCCC(C)C. The summed E-state index contributed by atoms with van der Waals surface area (Å²) >= 11 is 0. The third-order valence-corrected chi connectivity index (χ3v) is 12.3. The van der Waals surface area contributed by atoms with E-state index in [1.54, 1.807) is 0 Å². The van der Waals surface area contributed by atoms with Crippen molar-refractivity contribution in [2.75, 3.05) is 13.2 Å². The van der Waals surface area contributed by atoms with Gasteiger partial charge in [0.1, 0.15) is 13.2 Å². The van der Waals surface area contributed by atoms with Crippen molar-refractivity contribution >= 4 is 17.9 Å². The van der Waals surface area contributed by atoms with E-state index >= 15 is 0 Å². The van der Waals surface area contributed by atoms with E-state index in [1.165, 1.54) is 180 Å². The number of ether oxygens (including phenoxy) is 3. The van der Waals surface area contributed by atoms with Crippen LogP contribution in [0.1, 0.15) is 291 Å². The minimum atomic E-state index is -0.762. The summed E-state index contributed by atoms with van der Waals surface area (Å²) < 4.78 is 16.8. The molecule has 0 aliphatic heterocycles. The molecule has 0 fully saturated rings. The Balaban J connectivity index is 4.26. The molecule has 6 heteroatoms. The van der Waals surface area contributed by atoms with E-state index in [2.05, 4.69) is 34.6 Å². The summed E-state index contributed by atoms with van der Waals surface area (Å²) in [4.78, 5) is 37.9. The van der Waals surface area contributed by atoms with Gasteiger partial charge in [0.15, 0.2) is 6.10 Å². The minimum Gasteiger partial charge on any atom is -0.462 e. The first-order valence-corrected chi connectivity index (χ1v) is 26.3. The first-order chi connectivity index (χ1) is 28.8. The second-order valence-electron chi connectivity index (χ2n) is 18.9. The predicted molar refractivity (Wildman–Crippen MR) is 252 cm³/mol. The van der Waals surface area contributed by atoms with E-state index in [1.807, 2.05) is 0 Å². The molecule has 0 bridgehead atoms. The standard InChI is InChI=1S/C53H102O6/c1-6-8-9-10-11-12-13-14-15-16-17-18-19-20-25-28-35-40-45-53(56)59-50(47-58-52(55)44-39-34-30-29-31-36-41-48(3)4)46-57-51(54)43-38-33-27-24-22-21-23-26-32-37-42-49(5)7-2/h48-50H,6-47H2,1-5H3/t49?,50-/m0/s1. The lowest BCUT2D eigenvalue weighted by molar-refractivity contribution is -0.167. The van der Waals surface area contributed by atoms with E-state index in [9.17, 15) is 14.4 Å². The number of carbonyl (C=O) groups is 3. The Morgan fingerprint density at radius 1 is 0.356 bits per heavy atom. The van der Waals surface area contributed by atoms with Crippen LogP contribution in [0.25, 0.3) is 0 Å². The number of carbonyl (C=O) groups excluding carboxylic acids is 3. The molecular weight excluding hydrogens is 733 g/mol. The van der Waals surface area contributed by atoms with Crippen LogP contribution in [0, 0.1) is 11.8 Å². The van der Waals surface area contributed by atoms with E-state index in [-0.39, 0.29) is 31.1 Å². The van der Waals surface area contributed by atoms with Gasteiger partial charge in [0.05, 0.1) is 0 Å². The summed E-state index contributed by atoms with van der Waals surface area (Å²) in [7, 11) is 0. The highest BCUT2D eigenvalue weighted by Gasteiger charge is 2.19. The average molecular weight is 835 g/mol. The number of hydrogen-bond acceptors (Lipinski definition) is 6. The summed E-state index contributed by atoms with van der Waals surface area (Å²) in [5.74, 6) is 0.780. The monoisotopic (exact) mass is 835 g/mol. The molecule has 0 aromatic heterocycles. The van der Waals surface area contributed by atoms with Gasteiger partial charge in [-0.3, -0.25) is 14.4 Å². The highest BCUT2D eigenvalue weighted by molar-refractivity contribution is 5.71. The smallest absolute Gasteiger partial charge is 0.306 e. The molecule has 0 saturated carbocycles. The van der Waals surface area contributed by atoms with Crippen LogP contribution in [0.15, 0.2) is 0 Å². The van der Waals surface area contributed by atoms with Crippen LogP contribution < -0.4 is 0 Å². The Labute approximate surface area is 368 Å². The van der Waals surface area contributed by atoms with Gasteiger partial charge in [-0.25, -0.2) is 0 Å². The lowest BCUT2D eigenvalue weighted by Crippen LogP contribution is -2.30. The van der Waals surface area contributed by atoms with Crippen molar-refractivity contribution in [1.29, 1.82) is 0 Å². The van der Waals surface area contributed by atoms with Crippen molar-refractivity contribution in [2.24, 2.45) is 11.8 Å². The highest BCUT2D eigenvalue weighted by Crippen LogP contribution is 2.18. The van der Waals surface area contributed by atoms with Gasteiger partial charge in [-0.2, -0.15) is 0 Å². The molecule has 2 atom stereocenters. The molecule has 0 rings (SSSR count).